The summed E-state index contributed by atoms with van der Waals surface area (Å²) >= 11 is 17.9. The maximum absolute atomic E-state index is 11.8. The lowest BCUT2D eigenvalue weighted by molar-refractivity contribution is -0.123. The first-order valence-electron chi connectivity index (χ1n) is 7.77. The van der Waals surface area contributed by atoms with E-state index in [0.29, 0.717) is 37.9 Å². The lowest BCUT2D eigenvalue weighted by atomic mass is 10.2. The monoisotopic (exact) mass is 422 g/mol. The molecule has 1 heterocycles. The van der Waals surface area contributed by atoms with Crippen molar-refractivity contribution in [2.75, 3.05) is 6.61 Å². The van der Waals surface area contributed by atoms with Crippen LogP contribution in [0.15, 0.2) is 64.1 Å². The van der Waals surface area contributed by atoms with Crippen LogP contribution in [0.1, 0.15) is 5.76 Å². The van der Waals surface area contributed by atoms with Gasteiger partial charge in [-0.1, -0.05) is 40.9 Å². The summed E-state index contributed by atoms with van der Waals surface area (Å²) in [6, 6.07) is 15.3. The predicted molar refractivity (Wildman–Crippen MR) is 107 cm³/mol. The van der Waals surface area contributed by atoms with Crippen molar-refractivity contribution in [1.29, 1.82) is 0 Å². The highest BCUT2D eigenvalue weighted by Gasteiger charge is 2.08. The third-order valence-electron chi connectivity index (χ3n) is 3.37. The number of amides is 1. The standard InChI is InChI=1S/C19H13Cl3N2O3/c20-12-2-1-3-14(8-12)26-11-19(25)24-23-10-15-5-7-18(27-15)16-6-4-13(21)9-17(16)22/h1-10H,11H2,(H,24,25). The van der Waals surface area contributed by atoms with Gasteiger partial charge in [-0.05, 0) is 48.5 Å². The Hall–Kier alpha value is -2.47. The molecule has 0 unspecified atom stereocenters. The summed E-state index contributed by atoms with van der Waals surface area (Å²) in [5.41, 5.74) is 3.06. The van der Waals surface area contributed by atoms with Crippen LogP contribution in [0.2, 0.25) is 15.1 Å². The summed E-state index contributed by atoms with van der Waals surface area (Å²) in [4.78, 5) is 11.8. The molecule has 8 heteroatoms. The number of hydrazone groups is 1. The summed E-state index contributed by atoms with van der Waals surface area (Å²) in [5, 5.41) is 5.38. The zero-order valence-corrected chi connectivity index (χ0v) is 16.1. The zero-order chi connectivity index (χ0) is 19.2. The number of nitrogens with one attached hydrogen (secondary N) is 1. The van der Waals surface area contributed by atoms with Crippen LogP contribution in [0, 0.1) is 0 Å². The van der Waals surface area contributed by atoms with Crippen LogP contribution >= 0.6 is 34.8 Å². The molecule has 0 aliphatic carbocycles. The molecule has 0 bridgehead atoms. The average molecular weight is 424 g/mol. The fraction of sp³-hybridized carbons (Fsp3) is 0.0526. The third-order valence-corrected chi connectivity index (χ3v) is 4.15. The number of halogens is 3. The number of ether oxygens (including phenoxy) is 1. The van der Waals surface area contributed by atoms with Gasteiger partial charge in [-0.2, -0.15) is 5.10 Å². The van der Waals surface area contributed by atoms with Gasteiger partial charge in [0.15, 0.2) is 6.61 Å². The molecule has 0 saturated heterocycles. The van der Waals surface area contributed by atoms with Gasteiger partial charge in [-0.3, -0.25) is 4.79 Å². The fourth-order valence-corrected chi connectivity index (χ4v) is 2.84. The van der Waals surface area contributed by atoms with Gasteiger partial charge in [0.25, 0.3) is 5.91 Å². The van der Waals surface area contributed by atoms with Crippen LogP contribution in [0.3, 0.4) is 0 Å². The number of hydrogen-bond donors (Lipinski definition) is 1. The number of carbonyl (C=O) groups excluding carboxylic acids is 1. The normalized spacial score (nSPS) is 10.9. The van der Waals surface area contributed by atoms with Crippen molar-refractivity contribution >= 4 is 46.9 Å². The third kappa shape index (κ3) is 5.50. The maximum atomic E-state index is 11.8. The van der Waals surface area contributed by atoms with Gasteiger partial charge in [-0.25, -0.2) is 5.43 Å². The fourth-order valence-electron chi connectivity index (χ4n) is 2.16. The quantitative estimate of drug-likeness (QED) is 0.424. The molecule has 27 heavy (non-hydrogen) atoms. The van der Waals surface area contributed by atoms with Crippen molar-refractivity contribution < 1.29 is 13.9 Å². The molecule has 0 atom stereocenters. The molecule has 0 spiro atoms. The molecular weight excluding hydrogens is 411 g/mol. The van der Waals surface area contributed by atoms with Crippen LogP contribution in [-0.2, 0) is 4.79 Å². The highest BCUT2D eigenvalue weighted by molar-refractivity contribution is 6.36. The van der Waals surface area contributed by atoms with E-state index in [4.69, 9.17) is 44.0 Å². The summed E-state index contributed by atoms with van der Waals surface area (Å²) < 4.78 is 11.0. The second-order valence-corrected chi connectivity index (χ2v) is 6.65. The maximum Gasteiger partial charge on any atom is 0.277 e. The highest BCUT2D eigenvalue weighted by atomic mass is 35.5. The number of nitrogens with zero attached hydrogens (tertiary/aromatic N) is 1. The average Bonchev–Trinajstić information content (AvgIpc) is 3.08. The number of hydrogen-bond acceptors (Lipinski definition) is 4. The minimum atomic E-state index is -0.418. The van der Waals surface area contributed by atoms with E-state index in [-0.39, 0.29) is 6.61 Å². The molecule has 2 aromatic carbocycles. The SMILES string of the molecule is O=C(COc1cccc(Cl)c1)NN=Cc1ccc(-c2ccc(Cl)cc2Cl)o1. The molecule has 3 aromatic rings. The molecule has 1 aromatic heterocycles. The summed E-state index contributed by atoms with van der Waals surface area (Å²) in [6.45, 7) is -0.193. The first-order chi connectivity index (χ1) is 13.0. The first-order valence-corrected chi connectivity index (χ1v) is 8.90. The van der Waals surface area contributed by atoms with Gasteiger partial charge in [0, 0.05) is 15.6 Å². The lowest BCUT2D eigenvalue weighted by Crippen LogP contribution is -2.24. The van der Waals surface area contributed by atoms with E-state index in [1.165, 1.54) is 6.21 Å². The Bertz CT molecular complexity index is 986. The van der Waals surface area contributed by atoms with Gasteiger partial charge < -0.3 is 9.15 Å². The second kappa shape index (κ2) is 8.95. The van der Waals surface area contributed by atoms with Gasteiger partial charge in [-0.15, -0.1) is 0 Å². The van der Waals surface area contributed by atoms with E-state index in [1.54, 1.807) is 54.6 Å². The minimum absolute atomic E-state index is 0.193. The topological polar surface area (TPSA) is 63.8 Å². The number of carbonyl (C=O) groups is 1. The molecule has 1 N–H and O–H groups in total. The molecule has 0 radical (unpaired) electrons. The van der Waals surface area contributed by atoms with E-state index in [9.17, 15) is 4.79 Å². The second-order valence-electron chi connectivity index (χ2n) is 5.37. The van der Waals surface area contributed by atoms with E-state index in [1.807, 2.05) is 0 Å². The molecule has 0 aliphatic rings. The molecule has 3 rings (SSSR count). The molecule has 0 fully saturated rings. The molecule has 5 nitrogen and oxygen atoms in total. The van der Waals surface area contributed by atoms with Crippen LogP contribution in [0.25, 0.3) is 11.3 Å². The van der Waals surface area contributed by atoms with Gasteiger partial charge in [0.2, 0.25) is 0 Å². The first kappa shape index (κ1) is 19.3. The van der Waals surface area contributed by atoms with Crippen molar-refractivity contribution in [3.05, 3.63) is 75.4 Å². The number of rotatable bonds is 6. The Morgan fingerprint density at radius 2 is 1.89 bits per heavy atom. The van der Waals surface area contributed by atoms with Crippen LogP contribution in [0.5, 0.6) is 5.75 Å². The summed E-state index contributed by atoms with van der Waals surface area (Å²) in [6.07, 6.45) is 1.38. The minimum Gasteiger partial charge on any atom is -0.484 e. The lowest BCUT2D eigenvalue weighted by Gasteiger charge is -2.04. The van der Waals surface area contributed by atoms with E-state index < -0.39 is 5.91 Å². The Kier molecular flexibility index (Phi) is 6.40. The Balaban J connectivity index is 1.54. The van der Waals surface area contributed by atoms with Crippen molar-refractivity contribution in [3.63, 3.8) is 0 Å². The highest BCUT2D eigenvalue weighted by Crippen LogP contribution is 2.31. The van der Waals surface area contributed by atoms with Gasteiger partial charge >= 0.3 is 0 Å². The number of benzene rings is 2. The van der Waals surface area contributed by atoms with E-state index in [2.05, 4.69) is 10.5 Å². The Labute approximate surface area is 170 Å². The largest absolute Gasteiger partial charge is 0.484 e. The Morgan fingerprint density at radius 1 is 1.07 bits per heavy atom. The van der Waals surface area contributed by atoms with E-state index in [0.717, 1.165) is 0 Å². The summed E-state index contributed by atoms with van der Waals surface area (Å²) in [5.74, 6) is 1.09. The predicted octanol–water partition coefficient (Wildman–Crippen LogP) is 5.44. The van der Waals surface area contributed by atoms with Crippen LogP contribution in [0.4, 0.5) is 0 Å². The molecule has 0 aliphatic heterocycles. The van der Waals surface area contributed by atoms with Crippen LogP contribution in [-0.4, -0.2) is 18.7 Å². The zero-order valence-electron chi connectivity index (χ0n) is 13.8. The number of furan rings is 1. The van der Waals surface area contributed by atoms with Crippen molar-refractivity contribution in [3.8, 4) is 17.1 Å². The Morgan fingerprint density at radius 3 is 2.67 bits per heavy atom. The molecule has 138 valence electrons. The van der Waals surface area contributed by atoms with Crippen molar-refractivity contribution in [1.82, 2.24) is 5.43 Å². The van der Waals surface area contributed by atoms with Crippen molar-refractivity contribution in [2.24, 2.45) is 5.10 Å². The molecule has 1 amide bonds. The van der Waals surface area contributed by atoms with Crippen LogP contribution < -0.4 is 10.2 Å². The van der Waals surface area contributed by atoms with Gasteiger partial charge in [0.1, 0.15) is 17.3 Å². The van der Waals surface area contributed by atoms with Crippen molar-refractivity contribution in [2.45, 2.75) is 0 Å². The smallest absolute Gasteiger partial charge is 0.277 e. The molecule has 0 saturated carbocycles. The molecular formula is C19H13Cl3N2O3. The van der Waals surface area contributed by atoms with E-state index >= 15 is 0 Å². The van der Waals surface area contributed by atoms with Gasteiger partial charge in [0.05, 0.1) is 11.2 Å². The summed E-state index contributed by atoms with van der Waals surface area (Å²) in [7, 11) is 0.